The number of hydrogen-bond donors (Lipinski definition) is 2. The van der Waals surface area contributed by atoms with Crippen molar-refractivity contribution >= 4 is 41.4 Å². The van der Waals surface area contributed by atoms with Gasteiger partial charge in [-0.15, -0.1) is 11.8 Å². The Hall–Kier alpha value is -3.27. The summed E-state index contributed by atoms with van der Waals surface area (Å²) in [6, 6.07) is 11.9. The maximum absolute atomic E-state index is 13.0. The molecular formula is C27H33N5O3S. The van der Waals surface area contributed by atoms with Crippen LogP contribution in [-0.2, 0) is 18.8 Å². The van der Waals surface area contributed by atoms with E-state index in [2.05, 4.69) is 40.0 Å². The Bertz CT molecular complexity index is 1240. The number of thioether (sulfide) groups is 1. The number of aromatic nitrogens is 2. The molecule has 1 saturated heterocycles. The highest BCUT2D eigenvalue weighted by Gasteiger charge is 2.16. The summed E-state index contributed by atoms with van der Waals surface area (Å²) < 4.78 is 8.88. The molecule has 1 aliphatic heterocycles. The zero-order valence-electron chi connectivity index (χ0n) is 21.0. The summed E-state index contributed by atoms with van der Waals surface area (Å²) in [5.41, 5.74) is 3.65. The van der Waals surface area contributed by atoms with E-state index in [0.29, 0.717) is 23.6 Å². The second kappa shape index (κ2) is 12.1. The molecule has 36 heavy (non-hydrogen) atoms. The summed E-state index contributed by atoms with van der Waals surface area (Å²) in [5.74, 6) is -0.394. The van der Waals surface area contributed by atoms with Crippen molar-refractivity contribution in [2.24, 2.45) is 14.1 Å². The summed E-state index contributed by atoms with van der Waals surface area (Å²) in [5, 5.41) is 5.88. The lowest BCUT2D eigenvalue weighted by atomic mass is 10.2. The Morgan fingerprint density at radius 1 is 0.972 bits per heavy atom. The SMILES string of the molecule is CSc1cccc(/C=C/c2cc(C(=O)Nc3cc(C(=O)NCCN4CCOCC4)n(C)c3)n(C)c2)c1. The first-order valence-electron chi connectivity index (χ1n) is 12.0. The molecule has 3 aromatic rings. The number of hydrogen-bond acceptors (Lipinski definition) is 5. The van der Waals surface area contributed by atoms with Gasteiger partial charge < -0.3 is 24.5 Å². The fraction of sp³-hybridized carbons (Fsp3) is 0.333. The molecular weight excluding hydrogens is 474 g/mol. The third kappa shape index (κ3) is 6.69. The van der Waals surface area contributed by atoms with Crippen LogP contribution in [0.4, 0.5) is 5.69 Å². The van der Waals surface area contributed by atoms with Gasteiger partial charge in [0.25, 0.3) is 11.8 Å². The van der Waals surface area contributed by atoms with Crippen molar-refractivity contribution in [1.82, 2.24) is 19.4 Å². The summed E-state index contributed by atoms with van der Waals surface area (Å²) in [4.78, 5) is 29.1. The number of nitrogens with one attached hydrogen (secondary N) is 2. The first kappa shape index (κ1) is 25.8. The molecule has 0 radical (unpaired) electrons. The van der Waals surface area contributed by atoms with Crippen molar-refractivity contribution in [3.8, 4) is 0 Å². The summed E-state index contributed by atoms with van der Waals surface area (Å²) in [6.45, 7) is 4.60. The van der Waals surface area contributed by atoms with E-state index in [1.54, 1.807) is 40.2 Å². The fourth-order valence-electron chi connectivity index (χ4n) is 4.14. The Labute approximate surface area is 216 Å². The van der Waals surface area contributed by atoms with E-state index in [-0.39, 0.29) is 11.8 Å². The lowest BCUT2D eigenvalue weighted by Crippen LogP contribution is -2.41. The molecule has 2 amide bonds. The minimum atomic E-state index is -0.230. The van der Waals surface area contributed by atoms with Crippen LogP contribution in [0, 0.1) is 0 Å². The second-order valence-electron chi connectivity index (χ2n) is 8.77. The van der Waals surface area contributed by atoms with E-state index in [0.717, 1.165) is 44.0 Å². The molecule has 1 aliphatic rings. The highest BCUT2D eigenvalue weighted by molar-refractivity contribution is 7.98. The molecule has 8 nitrogen and oxygen atoms in total. The van der Waals surface area contributed by atoms with Crippen molar-refractivity contribution in [1.29, 1.82) is 0 Å². The summed E-state index contributed by atoms with van der Waals surface area (Å²) in [7, 11) is 3.64. The van der Waals surface area contributed by atoms with Gasteiger partial charge in [0.2, 0.25) is 0 Å². The molecule has 190 valence electrons. The number of amides is 2. The van der Waals surface area contributed by atoms with Crippen molar-refractivity contribution < 1.29 is 14.3 Å². The second-order valence-corrected chi connectivity index (χ2v) is 9.65. The van der Waals surface area contributed by atoms with Gasteiger partial charge in [-0.1, -0.05) is 24.3 Å². The smallest absolute Gasteiger partial charge is 0.272 e. The van der Waals surface area contributed by atoms with Gasteiger partial charge in [0.15, 0.2) is 0 Å². The van der Waals surface area contributed by atoms with Crippen LogP contribution in [0.3, 0.4) is 0 Å². The molecule has 0 spiro atoms. The standard InChI is InChI=1S/C27H33N5O3S/c1-30-18-21(8-7-20-5-4-6-23(15-20)36-3)16-24(30)27(34)29-22-17-25(31(2)19-22)26(33)28-9-10-32-11-13-35-14-12-32/h4-8,15-19H,9-14H2,1-3H3,(H,28,33)(H,29,34)/b8-7+. The van der Waals surface area contributed by atoms with Gasteiger partial charge in [-0.25, -0.2) is 0 Å². The van der Waals surface area contributed by atoms with Crippen LogP contribution in [-0.4, -0.2) is 71.5 Å². The molecule has 0 saturated carbocycles. The van der Waals surface area contributed by atoms with Gasteiger partial charge in [0.1, 0.15) is 11.4 Å². The lowest BCUT2D eigenvalue weighted by molar-refractivity contribution is 0.0383. The third-order valence-electron chi connectivity index (χ3n) is 6.13. The molecule has 3 heterocycles. The average molecular weight is 508 g/mol. The maximum Gasteiger partial charge on any atom is 0.272 e. The van der Waals surface area contributed by atoms with E-state index in [4.69, 9.17) is 4.74 Å². The Balaban J connectivity index is 1.35. The predicted molar refractivity (Wildman–Crippen MR) is 146 cm³/mol. The Morgan fingerprint density at radius 3 is 2.47 bits per heavy atom. The number of morpholine rings is 1. The molecule has 2 N–H and O–H groups in total. The first-order chi connectivity index (χ1) is 17.4. The van der Waals surface area contributed by atoms with Crippen molar-refractivity contribution in [2.75, 3.05) is 51.0 Å². The minimum Gasteiger partial charge on any atom is -0.379 e. The van der Waals surface area contributed by atoms with Gasteiger partial charge in [-0.3, -0.25) is 14.5 Å². The molecule has 0 aliphatic carbocycles. The first-order valence-corrected chi connectivity index (χ1v) is 13.2. The molecule has 2 aromatic heterocycles. The molecule has 1 aromatic carbocycles. The van der Waals surface area contributed by atoms with E-state index < -0.39 is 0 Å². The number of nitrogens with zero attached hydrogens (tertiary/aromatic N) is 3. The topological polar surface area (TPSA) is 80.5 Å². The Morgan fingerprint density at radius 2 is 1.69 bits per heavy atom. The maximum atomic E-state index is 13.0. The fourth-order valence-corrected chi connectivity index (χ4v) is 4.61. The van der Waals surface area contributed by atoms with Gasteiger partial charge in [-0.2, -0.15) is 0 Å². The molecule has 4 rings (SSSR count). The van der Waals surface area contributed by atoms with Crippen LogP contribution < -0.4 is 10.6 Å². The van der Waals surface area contributed by atoms with Crippen molar-refractivity contribution in [3.05, 3.63) is 71.3 Å². The van der Waals surface area contributed by atoms with E-state index in [9.17, 15) is 9.59 Å². The largest absolute Gasteiger partial charge is 0.379 e. The molecule has 0 bridgehead atoms. The van der Waals surface area contributed by atoms with Gasteiger partial charge in [-0.05, 0) is 41.6 Å². The quantitative estimate of drug-likeness (QED) is 0.433. The van der Waals surface area contributed by atoms with E-state index in [1.807, 2.05) is 37.5 Å². The normalized spacial score (nSPS) is 14.3. The lowest BCUT2D eigenvalue weighted by Gasteiger charge is -2.26. The number of carbonyl (C=O) groups excluding carboxylic acids is 2. The monoisotopic (exact) mass is 507 g/mol. The van der Waals surface area contributed by atoms with E-state index >= 15 is 0 Å². The molecule has 9 heteroatoms. The van der Waals surface area contributed by atoms with Gasteiger partial charge in [0.05, 0.1) is 18.9 Å². The number of anilines is 1. The average Bonchev–Trinajstić information content (AvgIpc) is 3.45. The van der Waals surface area contributed by atoms with Gasteiger partial charge >= 0.3 is 0 Å². The molecule has 1 fully saturated rings. The number of ether oxygens (including phenoxy) is 1. The zero-order valence-corrected chi connectivity index (χ0v) is 21.8. The van der Waals surface area contributed by atoms with E-state index in [1.165, 1.54) is 4.90 Å². The number of aryl methyl sites for hydroxylation is 2. The molecule has 0 unspecified atom stereocenters. The number of carbonyl (C=O) groups is 2. The van der Waals surface area contributed by atoms with Crippen LogP contribution >= 0.6 is 11.8 Å². The third-order valence-corrected chi connectivity index (χ3v) is 6.86. The van der Waals surface area contributed by atoms with Crippen LogP contribution in [0.1, 0.15) is 32.1 Å². The van der Waals surface area contributed by atoms with Gasteiger partial charge in [0, 0.05) is 57.6 Å². The predicted octanol–water partition coefficient (Wildman–Crippen LogP) is 3.57. The highest BCUT2D eigenvalue weighted by atomic mass is 32.2. The van der Waals surface area contributed by atoms with Crippen LogP contribution in [0.5, 0.6) is 0 Å². The van der Waals surface area contributed by atoms with Crippen LogP contribution in [0.15, 0.2) is 53.7 Å². The van der Waals surface area contributed by atoms with Crippen LogP contribution in [0.2, 0.25) is 0 Å². The van der Waals surface area contributed by atoms with Crippen LogP contribution in [0.25, 0.3) is 12.2 Å². The molecule has 0 atom stereocenters. The summed E-state index contributed by atoms with van der Waals surface area (Å²) in [6.07, 6.45) is 9.76. The minimum absolute atomic E-state index is 0.164. The summed E-state index contributed by atoms with van der Waals surface area (Å²) >= 11 is 1.71. The number of benzene rings is 1. The van der Waals surface area contributed by atoms with Crippen molar-refractivity contribution in [3.63, 3.8) is 0 Å². The Kier molecular flexibility index (Phi) is 8.69. The van der Waals surface area contributed by atoms with Crippen molar-refractivity contribution in [2.45, 2.75) is 4.90 Å². The highest BCUT2D eigenvalue weighted by Crippen LogP contribution is 2.19. The zero-order chi connectivity index (χ0) is 25.5. The number of rotatable bonds is 9.